The molecule has 0 atom stereocenters. The lowest BCUT2D eigenvalue weighted by Crippen LogP contribution is -2.12. The number of rotatable bonds is 1. The molecule has 3 aromatic rings. The van der Waals surface area contributed by atoms with Crippen LogP contribution in [0.1, 0.15) is 26.5 Å². The summed E-state index contributed by atoms with van der Waals surface area (Å²) in [6, 6.07) is 5.20. The lowest BCUT2D eigenvalue weighted by molar-refractivity contribution is 0.477. The van der Waals surface area contributed by atoms with Gasteiger partial charge in [0.1, 0.15) is 5.75 Å². The molecule has 5 nitrogen and oxygen atoms in total. The van der Waals surface area contributed by atoms with Gasteiger partial charge in [0.2, 0.25) is 0 Å². The Labute approximate surface area is 137 Å². The third-order valence-electron chi connectivity index (χ3n) is 3.49. The predicted molar refractivity (Wildman–Crippen MR) is 89.8 cm³/mol. The summed E-state index contributed by atoms with van der Waals surface area (Å²) in [4.78, 5) is 9.01. The van der Waals surface area contributed by atoms with E-state index in [9.17, 15) is 5.11 Å². The van der Waals surface area contributed by atoms with Gasteiger partial charge in [-0.2, -0.15) is 5.10 Å². The molecular formula is C16H17BrN4O. The molecule has 0 aliphatic heterocycles. The molecule has 0 amide bonds. The van der Waals surface area contributed by atoms with Crippen molar-refractivity contribution in [3.05, 3.63) is 34.6 Å². The molecule has 22 heavy (non-hydrogen) atoms. The van der Waals surface area contributed by atoms with Crippen molar-refractivity contribution < 1.29 is 5.11 Å². The zero-order chi connectivity index (χ0) is 16.1. The largest absolute Gasteiger partial charge is 0.507 e. The summed E-state index contributed by atoms with van der Waals surface area (Å²) in [5.74, 6) is 0.635. The van der Waals surface area contributed by atoms with Crippen molar-refractivity contribution in [2.24, 2.45) is 7.05 Å². The van der Waals surface area contributed by atoms with E-state index in [-0.39, 0.29) is 11.2 Å². The van der Waals surface area contributed by atoms with Crippen molar-refractivity contribution in [2.45, 2.75) is 26.2 Å². The first kappa shape index (κ1) is 15.0. The Hall–Kier alpha value is -1.95. The minimum absolute atomic E-state index is 0.0811. The standard InChI is InChI=1S/C16H17BrN4O/c1-16(2,3)13-11-8-18-14(19-15(11)21(4)20-13)10-7-9(17)5-6-12(10)22/h5-8,22H,1-4H3. The van der Waals surface area contributed by atoms with Crippen LogP contribution >= 0.6 is 15.9 Å². The van der Waals surface area contributed by atoms with E-state index in [0.29, 0.717) is 11.4 Å². The number of hydrogen-bond acceptors (Lipinski definition) is 4. The first-order valence-corrected chi connectivity index (χ1v) is 7.76. The molecule has 114 valence electrons. The van der Waals surface area contributed by atoms with Gasteiger partial charge in [0.15, 0.2) is 11.5 Å². The van der Waals surface area contributed by atoms with E-state index in [1.165, 1.54) is 0 Å². The van der Waals surface area contributed by atoms with Gasteiger partial charge in [-0.3, -0.25) is 4.68 Å². The number of nitrogens with zero attached hydrogens (tertiary/aromatic N) is 4. The summed E-state index contributed by atoms with van der Waals surface area (Å²) in [7, 11) is 1.87. The minimum Gasteiger partial charge on any atom is -0.507 e. The number of aromatic hydroxyl groups is 1. The summed E-state index contributed by atoms with van der Waals surface area (Å²) in [6.07, 6.45) is 1.78. The molecule has 0 bridgehead atoms. The number of phenolic OH excluding ortho intramolecular Hbond substituents is 1. The average molecular weight is 361 g/mol. The molecule has 6 heteroatoms. The van der Waals surface area contributed by atoms with Crippen molar-refractivity contribution in [2.75, 3.05) is 0 Å². The third kappa shape index (κ3) is 2.47. The van der Waals surface area contributed by atoms with Gasteiger partial charge < -0.3 is 5.11 Å². The Morgan fingerprint density at radius 3 is 2.64 bits per heavy atom. The Balaban J connectivity index is 2.23. The van der Waals surface area contributed by atoms with E-state index in [1.54, 1.807) is 29.1 Å². The second-order valence-corrected chi connectivity index (χ2v) is 7.23. The molecule has 0 aliphatic carbocycles. The number of halogens is 1. The van der Waals surface area contributed by atoms with Gasteiger partial charge >= 0.3 is 0 Å². The number of fused-ring (bicyclic) bond motifs is 1. The van der Waals surface area contributed by atoms with Gasteiger partial charge in [0, 0.05) is 23.1 Å². The molecule has 1 aromatic carbocycles. The smallest absolute Gasteiger partial charge is 0.165 e. The second-order valence-electron chi connectivity index (χ2n) is 6.31. The lowest BCUT2D eigenvalue weighted by Gasteiger charge is -2.15. The van der Waals surface area contributed by atoms with Crippen LogP contribution in [0.15, 0.2) is 28.9 Å². The number of aromatic nitrogens is 4. The highest BCUT2D eigenvalue weighted by molar-refractivity contribution is 9.10. The van der Waals surface area contributed by atoms with Gasteiger partial charge in [-0.05, 0) is 18.2 Å². The van der Waals surface area contributed by atoms with Crippen LogP contribution in [-0.2, 0) is 12.5 Å². The lowest BCUT2D eigenvalue weighted by atomic mass is 9.91. The van der Waals surface area contributed by atoms with E-state index in [4.69, 9.17) is 0 Å². The molecule has 0 aliphatic rings. The fourth-order valence-corrected chi connectivity index (χ4v) is 2.77. The number of hydrogen-bond donors (Lipinski definition) is 1. The van der Waals surface area contributed by atoms with Gasteiger partial charge in [-0.25, -0.2) is 9.97 Å². The summed E-state index contributed by atoms with van der Waals surface area (Å²) >= 11 is 3.40. The zero-order valence-corrected chi connectivity index (χ0v) is 14.5. The maximum atomic E-state index is 10.0. The van der Waals surface area contributed by atoms with Crippen LogP contribution in [0.2, 0.25) is 0 Å². The summed E-state index contributed by atoms with van der Waals surface area (Å²) in [5.41, 5.74) is 2.24. The molecule has 1 N–H and O–H groups in total. The van der Waals surface area contributed by atoms with Gasteiger partial charge in [0.05, 0.1) is 16.6 Å². The maximum Gasteiger partial charge on any atom is 0.165 e. The van der Waals surface area contributed by atoms with Crippen LogP contribution in [0, 0.1) is 0 Å². The maximum absolute atomic E-state index is 10.0. The van der Waals surface area contributed by atoms with Gasteiger partial charge in [-0.1, -0.05) is 36.7 Å². The van der Waals surface area contributed by atoms with Crippen molar-refractivity contribution >= 4 is 27.0 Å². The van der Waals surface area contributed by atoms with Crippen molar-refractivity contribution in [1.82, 2.24) is 19.7 Å². The molecule has 3 rings (SSSR count). The van der Waals surface area contributed by atoms with E-state index in [0.717, 1.165) is 21.2 Å². The van der Waals surface area contributed by atoms with Crippen LogP contribution in [-0.4, -0.2) is 24.9 Å². The fourth-order valence-electron chi connectivity index (χ4n) is 2.41. The van der Waals surface area contributed by atoms with Crippen LogP contribution in [0.3, 0.4) is 0 Å². The van der Waals surface area contributed by atoms with E-state index in [1.807, 2.05) is 7.05 Å². The van der Waals surface area contributed by atoms with E-state index < -0.39 is 0 Å². The van der Waals surface area contributed by atoms with Crippen molar-refractivity contribution in [3.63, 3.8) is 0 Å². The number of phenols is 1. The molecule has 0 saturated carbocycles. The van der Waals surface area contributed by atoms with Crippen LogP contribution in [0.5, 0.6) is 5.75 Å². The number of aryl methyl sites for hydroxylation is 1. The SMILES string of the molecule is Cn1nc(C(C)(C)C)c2cnc(-c3cc(Br)ccc3O)nc21. The zero-order valence-electron chi connectivity index (χ0n) is 12.9. The number of benzene rings is 1. The van der Waals surface area contributed by atoms with E-state index >= 15 is 0 Å². The average Bonchev–Trinajstić information content (AvgIpc) is 2.78. The molecular weight excluding hydrogens is 344 g/mol. The highest BCUT2D eigenvalue weighted by Crippen LogP contribution is 2.32. The monoisotopic (exact) mass is 360 g/mol. The Bertz CT molecular complexity index is 864. The molecule has 0 unspecified atom stereocenters. The summed E-state index contributed by atoms with van der Waals surface area (Å²) in [6.45, 7) is 6.34. The predicted octanol–water partition coefficient (Wildman–Crippen LogP) is 3.80. The second kappa shape index (κ2) is 5.05. The first-order valence-electron chi connectivity index (χ1n) is 6.96. The highest BCUT2D eigenvalue weighted by atomic mass is 79.9. The minimum atomic E-state index is -0.0811. The Morgan fingerprint density at radius 1 is 1.23 bits per heavy atom. The molecule has 0 spiro atoms. The molecule has 2 aromatic heterocycles. The van der Waals surface area contributed by atoms with Crippen LogP contribution in [0.25, 0.3) is 22.4 Å². The molecule has 0 radical (unpaired) electrons. The normalized spacial score (nSPS) is 12.0. The topological polar surface area (TPSA) is 63.8 Å². The quantitative estimate of drug-likeness (QED) is 0.716. The molecule has 0 fully saturated rings. The fraction of sp³-hybridized carbons (Fsp3) is 0.312. The summed E-state index contributed by atoms with van der Waals surface area (Å²) < 4.78 is 2.63. The Kier molecular flexibility index (Phi) is 3.44. The molecule has 2 heterocycles. The van der Waals surface area contributed by atoms with Crippen molar-refractivity contribution in [1.29, 1.82) is 0 Å². The van der Waals surface area contributed by atoms with Crippen LogP contribution in [0.4, 0.5) is 0 Å². The highest BCUT2D eigenvalue weighted by Gasteiger charge is 2.23. The Morgan fingerprint density at radius 2 is 1.95 bits per heavy atom. The van der Waals surface area contributed by atoms with Gasteiger partial charge in [-0.15, -0.1) is 0 Å². The van der Waals surface area contributed by atoms with Crippen LogP contribution < -0.4 is 0 Å². The van der Waals surface area contributed by atoms with Gasteiger partial charge in [0.25, 0.3) is 0 Å². The summed E-state index contributed by atoms with van der Waals surface area (Å²) in [5, 5.41) is 15.6. The van der Waals surface area contributed by atoms with E-state index in [2.05, 4.69) is 51.8 Å². The first-order chi connectivity index (χ1) is 10.3. The molecule has 0 saturated heterocycles. The third-order valence-corrected chi connectivity index (χ3v) is 3.98. The van der Waals surface area contributed by atoms with Crippen molar-refractivity contribution in [3.8, 4) is 17.1 Å².